The molecule has 15 heavy (non-hydrogen) atoms. The maximum absolute atomic E-state index is 6.34. The van der Waals surface area contributed by atoms with Crippen molar-refractivity contribution in [1.29, 1.82) is 0 Å². The zero-order valence-electron chi connectivity index (χ0n) is 7.76. The van der Waals surface area contributed by atoms with Crippen LogP contribution in [0.25, 0.3) is 0 Å². The normalized spacial score (nSPS) is 13.1. The minimum Gasteiger partial charge on any atom is -0.144 e. The Labute approximate surface area is 111 Å². The van der Waals surface area contributed by atoms with Crippen molar-refractivity contribution in [3.05, 3.63) is 42.2 Å². The van der Waals surface area contributed by atoms with E-state index in [-0.39, 0.29) is 5.38 Å². The molecule has 0 amide bonds. The molecule has 0 N–H and O–H groups in total. The topological polar surface area (TPSA) is 0 Å². The number of rotatable bonds is 2. The molecule has 1 unspecified atom stereocenters. The van der Waals surface area contributed by atoms with Gasteiger partial charge in [-0.1, -0.05) is 23.2 Å². The molecular formula is C10H7Cl3S2. The van der Waals surface area contributed by atoms with Crippen molar-refractivity contribution in [3.8, 4) is 0 Å². The SMILES string of the molecule is Cc1ccc(C(Cl)c2cc(Cl)sc2Cl)s1. The third-order valence-electron chi connectivity index (χ3n) is 1.97. The first-order valence-corrected chi connectivity index (χ1v) is 7.05. The molecule has 0 bridgehead atoms. The second-order valence-electron chi connectivity index (χ2n) is 3.09. The van der Waals surface area contributed by atoms with E-state index in [1.54, 1.807) is 11.3 Å². The molecule has 2 aromatic heterocycles. The minimum atomic E-state index is -0.194. The van der Waals surface area contributed by atoms with E-state index in [0.29, 0.717) is 8.67 Å². The van der Waals surface area contributed by atoms with Crippen LogP contribution in [0.2, 0.25) is 8.67 Å². The number of alkyl halides is 1. The Balaban J connectivity index is 2.35. The van der Waals surface area contributed by atoms with Crippen LogP contribution in [0, 0.1) is 6.92 Å². The predicted molar refractivity (Wildman–Crippen MR) is 71.1 cm³/mol. The van der Waals surface area contributed by atoms with Gasteiger partial charge in [-0.25, -0.2) is 0 Å². The molecule has 5 heteroatoms. The third kappa shape index (κ3) is 2.51. The van der Waals surface area contributed by atoms with Gasteiger partial charge in [0.15, 0.2) is 0 Å². The van der Waals surface area contributed by atoms with Crippen molar-refractivity contribution >= 4 is 57.5 Å². The standard InChI is InChI=1S/C10H7Cl3S2/c1-5-2-3-7(14-5)9(12)6-4-8(11)15-10(6)13/h2-4,9H,1H3. The van der Waals surface area contributed by atoms with Crippen LogP contribution in [0.4, 0.5) is 0 Å². The van der Waals surface area contributed by atoms with Crippen molar-refractivity contribution in [1.82, 2.24) is 0 Å². The lowest BCUT2D eigenvalue weighted by Crippen LogP contribution is -1.87. The zero-order valence-corrected chi connectivity index (χ0v) is 11.7. The quantitative estimate of drug-likeness (QED) is 0.619. The van der Waals surface area contributed by atoms with Gasteiger partial charge in [0, 0.05) is 15.3 Å². The summed E-state index contributed by atoms with van der Waals surface area (Å²) in [4.78, 5) is 2.35. The van der Waals surface area contributed by atoms with Crippen LogP contribution in [0.15, 0.2) is 18.2 Å². The molecule has 0 aromatic carbocycles. The van der Waals surface area contributed by atoms with Gasteiger partial charge in [-0.15, -0.1) is 34.3 Å². The van der Waals surface area contributed by atoms with E-state index >= 15 is 0 Å². The molecule has 0 saturated heterocycles. The Morgan fingerprint density at radius 3 is 2.40 bits per heavy atom. The van der Waals surface area contributed by atoms with E-state index in [2.05, 4.69) is 13.0 Å². The summed E-state index contributed by atoms with van der Waals surface area (Å²) < 4.78 is 1.35. The second kappa shape index (κ2) is 4.64. The van der Waals surface area contributed by atoms with E-state index in [0.717, 1.165) is 10.4 Å². The molecule has 0 radical (unpaired) electrons. The number of hydrogen-bond donors (Lipinski definition) is 0. The smallest absolute Gasteiger partial charge is 0.0994 e. The Hall–Kier alpha value is 0.270. The Bertz CT molecular complexity index is 473. The Kier molecular flexibility index (Phi) is 3.63. The van der Waals surface area contributed by atoms with E-state index in [1.807, 2.05) is 12.1 Å². The predicted octanol–water partition coefficient (Wildman–Crippen LogP) is 5.75. The van der Waals surface area contributed by atoms with Crippen LogP contribution >= 0.6 is 57.5 Å². The average Bonchev–Trinajstić information content (AvgIpc) is 2.71. The summed E-state index contributed by atoms with van der Waals surface area (Å²) in [7, 11) is 0. The maximum atomic E-state index is 6.34. The van der Waals surface area contributed by atoms with Gasteiger partial charge < -0.3 is 0 Å². The molecule has 0 saturated carbocycles. The Morgan fingerprint density at radius 2 is 1.93 bits per heavy atom. The lowest BCUT2D eigenvalue weighted by Gasteiger charge is -2.04. The number of aryl methyl sites for hydroxylation is 1. The molecule has 2 aromatic rings. The van der Waals surface area contributed by atoms with Crippen LogP contribution in [-0.2, 0) is 0 Å². The average molecular weight is 298 g/mol. The van der Waals surface area contributed by atoms with Crippen LogP contribution in [0.3, 0.4) is 0 Å². The van der Waals surface area contributed by atoms with Crippen molar-refractivity contribution in [2.45, 2.75) is 12.3 Å². The summed E-state index contributed by atoms with van der Waals surface area (Å²) in [5, 5.41) is -0.194. The van der Waals surface area contributed by atoms with Gasteiger partial charge in [-0.2, -0.15) is 0 Å². The van der Waals surface area contributed by atoms with Crippen molar-refractivity contribution in [2.24, 2.45) is 0 Å². The first kappa shape index (κ1) is 11.7. The number of halogens is 3. The molecule has 1 atom stereocenters. The van der Waals surface area contributed by atoms with Gasteiger partial charge in [0.25, 0.3) is 0 Å². The monoisotopic (exact) mass is 296 g/mol. The van der Waals surface area contributed by atoms with E-state index in [9.17, 15) is 0 Å². The van der Waals surface area contributed by atoms with Gasteiger partial charge in [0.1, 0.15) is 0 Å². The van der Waals surface area contributed by atoms with Crippen LogP contribution in [0.5, 0.6) is 0 Å². The first-order valence-electron chi connectivity index (χ1n) is 4.23. The molecular weight excluding hydrogens is 291 g/mol. The minimum absolute atomic E-state index is 0.194. The summed E-state index contributed by atoms with van der Waals surface area (Å²) in [5.41, 5.74) is 0.898. The molecule has 0 aliphatic rings. The zero-order chi connectivity index (χ0) is 11.0. The molecule has 0 fully saturated rings. The fraction of sp³-hybridized carbons (Fsp3) is 0.200. The highest BCUT2D eigenvalue weighted by Crippen LogP contribution is 2.42. The second-order valence-corrected chi connectivity index (χ2v) is 7.13. The van der Waals surface area contributed by atoms with Crippen molar-refractivity contribution < 1.29 is 0 Å². The molecule has 2 rings (SSSR count). The summed E-state index contributed by atoms with van der Waals surface area (Å²) >= 11 is 21.3. The fourth-order valence-corrected chi connectivity index (χ4v) is 4.17. The summed E-state index contributed by atoms with van der Waals surface area (Å²) in [5.74, 6) is 0. The number of hydrogen-bond acceptors (Lipinski definition) is 2. The maximum Gasteiger partial charge on any atom is 0.0994 e. The van der Waals surface area contributed by atoms with Crippen molar-refractivity contribution in [3.63, 3.8) is 0 Å². The fourth-order valence-electron chi connectivity index (χ4n) is 1.27. The van der Waals surface area contributed by atoms with Crippen LogP contribution in [0.1, 0.15) is 20.7 Å². The first-order chi connectivity index (χ1) is 7.08. The third-order valence-corrected chi connectivity index (χ3v) is 5.15. The lowest BCUT2D eigenvalue weighted by atomic mass is 10.2. The van der Waals surface area contributed by atoms with Gasteiger partial charge in [-0.05, 0) is 25.1 Å². The van der Waals surface area contributed by atoms with Crippen LogP contribution in [-0.4, -0.2) is 0 Å². The van der Waals surface area contributed by atoms with Crippen molar-refractivity contribution in [2.75, 3.05) is 0 Å². The van der Waals surface area contributed by atoms with Gasteiger partial charge >= 0.3 is 0 Å². The summed E-state index contributed by atoms with van der Waals surface area (Å²) in [6.45, 7) is 2.06. The Morgan fingerprint density at radius 1 is 1.20 bits per heavy atom. The highest BCUT2D eigenvalue weighted by Gasteiger charge is 2.18. The number of thiophene rings is 2. The molecule has 0 nitrogen and oxygen atoms in total. The molecule has 0 aliphatic heterocycles. The van der Waals surface area contributed by atoms with E-state index in [1.165, 1.54) is 16.2 Å². The largest absolute Gasteiger partial charge is 0.144 e. The van der Waals surface area contributed by atoms with Gasteiger partial charge in [0.2, 0.25) is 0 Å². The molecule has 0 spiro atoms. The van der Waals surface area contributed by atoms with Gasteiger partial charge in [-0.3, -0.25) is 0 Å². The highest BCUT2D eigenvalue weighted by molar-refractivity contribution is 7.20. The van der Waals surface area contributed by atoms with Gasteiger partial charge in [0.05, 0.1) is 14.0 Å². The summed E-state index contributed by atoms with van der Waals surface area (Å²) in [6, 6.07) is 5.91. The molecule has 80 valence electrons. The van der Waals surface area contributed by atoms with E-state index < -0.39 is 0 Å². The van der Waals surface area contributed by atoms with Crippen LogP contribution < -0.4 is 0 Å². The summed E-state index contributed by atoms with van der Waals surface area (Å²) in [6.07, 6.45) is 0. The lowest BCUT2D eigenvalue weighted by molar-refractivity contribution is 1.20. The van der Waals surface area contributed by atoms with E-state index in [4.69, 9.17) is 34.8 Å². The highest BCUT2D eigenvalue weighted by atomic mass is 35.5. The molecule has 0 aliphatic carbocycles. The molecule has 2 heterocycles.